The molecule has 1 heterocycles. The van der Waals surface area contributed by atoms with Gasteiger partial charge >= 0.3 is 0 Å². The van der Waals surface area contributed by atoms with E-state index in [4.69, 9.17) is 14.2 Å². The van der Waals surface area contributed by atoms with Gasteiger partial charge in [-0.15, -0.1) is 6.07 Å². The Kier molecular flexibility index (Phi) is 13.9. The minimum atomic E-state index is -0.413. The zero-order valence-corrected chi connectivity index (χ0v) is 22.8. The van der Waals surface area contributed by atoms with E-state index in [9.17, 15) is 4.79 Å². The number of allylic oxidation sites excluding steroid dienone is 2. The number of carbonyl (C=O) groups excluding carboxylic acids is 1. The summed E-state index contributed by atoms with van der Waals surface area (Å²) in [5.41, 5.74) is 3.12. The van der Waals surface area contributed by atoms with Crippen molar-refractivity contribution < 1.29 is 51.7 Å². The van der Waals surface area contributed by atoms with Crippen LogP contribution in [0.5, 0.6) is 5.75 Å². The van der Waals surface area contributed by atoms with Gasteiger partial charge in [-0.25, -0.2) is 0 Å². The third-order valence-corrected chi connectivity index (χ3v) is 5.09. The SMILES string of the molecule is CC.COc1[c-]cc(C)cc1[C@H]1O[C@@H](c2ccccc2)OC[C@H]1C/C=C\CCC(C)=O.[Y]. The fraction of sp³-hybridized carbons (Fsp3) is 0.444. The monoisotopic (exact) mass is 512 g/mol. The molecule has 0 saturated carbocycles. The average molecular weight is 512 g/mol. The molecule has 3 rings (SSSR count). The summed E-state index contributed by atoms with van der Waals surface area (Å²) in [4.78, 5) is 11.1. The molecule has 1 aliphatic rings. The summed E-state index contributed by atoms with van der Waals surface area (Å²) in [7, 11) is 1.66. The molecule has 0 aliphatic carbocycles. The van der Waals surface area contributed by atoms with Gasteiger partial charge in [0, 0.05) is 56.4 Å². The smallest absolute Gasteiger partial charge is 0.183 e. The molecule has 32 heavy (non-hydrogen) atoms. The summed E-state index contributed by atoms with van der Waals surface area (Å²) >= 11 is 0. The molecule has 0 spiro atoms. The van der Waals surface area contributed by atoms with Crippen molar-refractivity contribution in [2.75, 3.05) is 13.7 Å². The molecular formula is C27H35O4Y-. The fourth-order valence-electron chi connectivity index (χ4n) is 3.56. The third kappa shape index (κ3) is 8.55. The van der Waals surface area contributed by atoms with Crippen molar-refractivity contribution in [2.24, 2.45) is 5.92 Å². The summed E-state index contributed by atoms with van der Waals surface area (Å²) in [6.07, 6.45) is 5.77. The number of hydrogen-bond donors (Lipinski definition) is 0. The van der Waals surface area contributed by atoms with Crippen LogP contribution >= 0.6 is 0 Å². The maximum Gasteiger partial charge on any atom is 0.183 e. The maximum atomic E-state index is 11.1. The predicted octanol–water partition coefficient (Wildman–Crippen LogP) is 6.55. The number of benzene rings is 2. The molecular weight excluding hydrogens is 477 g/mol. The first-order chi connectivity index (χ1) is 15.1. The van der Waals surface area contributed by atoms with Gasteiger partial charge in [-0.3, -0.25) is 0 Å². The minimum Gasteiger partial charge on any atom is -0.522 e. The predicted molar refractivity (Wildman–Crippen MR) is 124 cm³/mol. The van der Waals surface area contributed by atoms with E-state index in [0.717, 1.165) is 29.5 Å². The van der Waals surface area contributed by atoms with Gasteiger partial charge in [0.2, 0.25) is 0 Å². The zero-order valence-electron chi connectivity index (χ0n) is 20.0. The quantitative estimate of drug-likeness (QED) is 0.297. The van der Waals surface area contributed by atoms with Crippen molar-refractivity contribution in [3.8, 4) is 5.75 Å². The van der Waals surface area contributed by atoms with E-state index in [-0.39, 0.29) is 50.5 Å². The molecule has 3 atom stereocenters. The van der Waals surface area contributed by atoms with Gasteiger partial charge in [-0.05, 0) is 19.8 Å². The second kappa shape index (κ2) is 15.5. The van der Waals surface area contributed by atoms with Gasteiger partial charge in [-0.2, -0.15) is 17.7 Å². The molecule has 1 aliphatic heterocycles. The van der Waals surface area contributed by atoms with E-state index in [0.29, 0.717) is 18.8 Å². The average Bonchev–Trinajstić information content (AvgIpc) is 2.80. The molecule has 0 bridgehead atoms. The van der Waals surface area contributed by atoms with Crippen molar-refractivity contribution in [1.82, 2.24) is 0 Å². The summed E-state index contributed by atoms with van der Waals surface area (Å²) in [5.74, 6) is 1.06. The van der Waals surface area contributed by atoms with Crippen LogP contribution in [0.4, 0.5) is 0 Å². The summed E-state index contributed by atoms with van der Waals surface area (Å²) in [6.45, 7) is 8.25. The Bertz CT molecular complexity index is 835. The Balaban J connectivity index is 0.00000166. The largest absolute Gasteiger partial charge is 0.522 e. The fourth-order valence-corrected chi connectivity index (χ4v) is 3.56. The molecule has 0 N–H and O–H groups in total. The molecule has 2 aromatic rings. The number of rotatable bonds is 8. The van der Waals surface area contributed by atoms with E-state index in [1.54, 1.807) is 14.0 Å². The van der Waals surface area contributed by atoms with Gasteiger partial charge in [0.15, 0.2) is 6.29 Å². The molecule has 0 amide bonds. The zero-order chi connectivity index (χ0) is 22.6. The van der Waals surface area contributed by atoms with Crippen molar-refractivity contribution in [1.29, 1.82) is 0 Å². The van der Waals surface area contributed by atoms with Crippen LogP contribution in [0.25, 0.3) is 0 Å². The molecule has 1 fully saturated rings. The Labute approximate surface area is 218 Å². The van der Waals surface area contributed by atoms with Crippen molar-refractivity contribution in [3.63, 3.8) is 0 Å². The first-order valence-corrected chi connectivity index (χ1v) is 11.1. The Morgan fingerprint density at radius 3 is 2.59 bits per heavy atom. The van der Waals surface area contributed by atoms with Crippen molar-refractivity contribution in [3.05, 3.63) is 77.4 Å². The normalized spacial score (nSPS) is 20.1. The standard InChI is InChI=1S/C25H29O4.C2H6.Y/c1-18-14-15-23(27-3)22(16-18)24-21(13-9-4-6-10-19(2)26)17-28-25(29-24)20-11-7-5-8-12-20;1-2;/h4-5,7-9,11-12,14,16,21,24-25H,6,10,13,17H2,1-3H3;1-2H3;/q-1;;/b9-4-;;/t21-,24+,25+;;/m1../s1. The number of hydrogen-bond acceptors (Lipinski definition) is 4. The first-order valence-electron chi connectivity index (χ1n) is 11.1. The third-order valence-electron chi connectivity index (χ3n) is 5.09. The second-order valence-electron chi connectivity index (χ2n) is 7.51. The van der Waals surface area contributed by atoms with Crippen LogP contribution in [0, 0.1) is 18.9 Å². The molecule has 0 unspecified atom stereocenters. The molecule has 1 saturated heterocycles. The van der Waals surface area contributed by atoms with Crippen LogP contribution in [0.1, 0.15) is 69.1 Å². The van der Waals surface area contributed by atoms with Crippen LogP contribution < -0.4 is 4.74 Å². The summed E-state index contributed by atoms with van der Waals surface area (Å²) in [5, 5.41) is 0. The molecule has 2 aromatic carbocycles. The molecule has 5 heteroatoms. The Hall–Kier alpha value is -1.33. The topological polar surface area (TPSA) is 44.8 Å². The number of carbonyl (C=O) groups is 1. The van der Waals surface area contributed by atoms with E-state index in [2.05, 4.69) is 24.3 Å². The summed E-state index contributed by atoms with van der Waals surface area (Å²) < 4.78 is 18.1. The van der Waals surface area contributed by atoms with Gasteiger partial charge in [0.25, 0.3) is 0 Å². The maximum absolute atomic E-state index is 11.1. The summed E-state index contributed by atoms with van der Waals surface area (Å²) in [6, 6.07) is 17.2. The van der Waals surface area contributed by atoms with E-state index in [1.165, 1.54) is 0 Å². The number of methoxy groups -OCH3 is 1. The molecule has 0 aromatic heterocycles. The van der Waals surface area contributed by atoms with E-state index < -0.39 is 6.29 Å². The van der Waals surface area contributed by atoms with Gasteiger partial charge < -0.3 is 19.0 Å². The number of Topliss-reactive ketones (excluding diaryl/α,β-unsaturated/α-hetero) is 1. The molecule has 4 nitrogen and oxygen atoms in total. The van der Waals surface area contributed by atoms with E-state index in [1.807, 2.05) is 57.2 Å². The minimum absolute atomic E-state index is 0. The van der Waals surface area contributed by atoms with Crippen LogP contribution in [-0.4, -0.2) is 19.5 Å². The van der Waals surface area contributed by atoms with Gasteiger partial charge in [-0.1, -0.05) is 68.8 Å². The second-order valence-corrected chi connectivity index (χ2v) is 7.51. The number of ketones is 1. The Morgan fingerprint density at radius 1 is 1.22 bits per heavy atom. The Morgan fingerprint density at radius 2 is 1.94 bits per heavy atom. The van der Waals surface area contributed by atoms with Crippen LogP contribution in [0.15, 0.2) is 54.6 Å². The van der Waals surface area contributed by atoms with Crippen LogP contribution in [-0.2, 0) is 47.0 Å². The molecule has 171 valence electrons. The van der Waals surface area contributed by atoms with Crippen LogP contribution in [0.2, 0.25) is 0 Å². The van der Waals surface area contributed by atoms with Crippen molar-refractivity contribution >= 4 is 5.78 Å². The first kappa shape index (κ1) is 28.7. The van der Waals surface area contributed by atoms with Crippen LogP contribution in [0.3, 0.4) is 0 Å². The van der Waals surface area contributed by atoms with E-state index >= 15 is 0 Å². The van der Waals surface area contributed by atoms with Gasteiger partial charge in [0.05, 0.1) is 19.8 Å². The van der Waals surface area contributed by atoms with Gasteiger partial charge in [0.1, 0.15) is 5.78 Å². The molecule has 1 radical (unpaired) electrons. The number of ether oxygens (including phenoxy) is 3. The number of aryl methyl sites for hydroxylation is 1. The van der Waals surface area contributed by atoms with Crippen molar-refractivity contribution in [2.45, 2.75) is 59.4 Å².